The van der Waals surface area contributed by atoms with Crippen molar-refractivity contribution >= 4 is 17.6 Å². The highest BCUT2D eigenvalue weighted by Gasteiger charge is 2.32. The van der Waals surface area contributed by atoms with Crippen molar-refractivity contribution in [3.63, 3.8) is 0 Å². The van der Waals surface area contributed by atoms with Crippen molar-refractivity contribution in [3.8, 4) is 29.0 Å². The van der Waals surface area contributed by atoms with E-state index in [2.05, 4.69) is 12.1 Å². The lowest BCUT2D eigenvalue weighted by Crippen LogP contribution is -2.51. The maximum atomic E-state index is 10.0. The standard InChI is InChI=1S/C23H24N4O4S/c1-29-6-7-31-18-4-2-16(3-5-18)21-19(8-24)22(27-10-17(28)11-27)26-23(20(21)9-25)32-14-15-12-30-13-15/h2-5,15,17,28H,6-7,10-14H2,1H3. The first-order chi connectivity index (χ1) is 15.6. The van der Waals surface area contributed by atoms with E-state index in [0.717, 1.165) is 11.3 Å². The number of rotatable bonds is 9. The summed E-state index contributed by atoms with van der Waals surface area (Å²) in [7, 11) is 1.62. The fourth-order valence-corrected chi connectivity index (χ4v) is 4.58. The first-order valence-corrected chi connectivity index (χ1v) is 11.4. The van der Waals surface area contributed by atoms with E-state index in [0.29, 0.717) is 78.7 Å². The molecule has 3 heterocycles. The number of nitrogens with zero attached hydrogens (tertiary/aromatic N) is 4. The molecule has 0 aliphatic carbocycles. The number of hydrogen-bond donors (Lipinski definition) is 1. The molecule has 8 nitrogen and oxygen atoms in total. The summed E-state index contributed by atoms with van der Waals surface area (Å²) in [6, 6.07) is 11.9. The van der Waals surface area contributed by atoms with Crippen molar-refractivity contribution in [1.82, 2.24) is 4.98 Å². The molecule has 2 saturated heterocycles. The van der Waals surface area contributed by atoms with Gasteiger partial charge in [0.25, 0.3) is 0 Å². The molecule has 1 N–H and O–H groups in total. The smallest absolute Gasteiger partial charge is 0.148 e. The molecule has 4 rings (SSSR count). The van der Waals surface area contributed by atoms with Gasteiger partial charge in [-0.3, -0.25) is 0 Å². The molecule has 1 aromatic carbocycles. The van der Waals surface area contributed by atoms with Gasteiger partial charge in [-0.05, 0) is 17.7 Å². The van der Waals surface area contributed by atoms with E-state index in [4.69, 9.17) is 19.2 Å². The predicted molar refractivity (Wildman–Crippen MR) is 120 cm³/mol. The Bertz CT molecular complexity index is 1040. The molecular weight excluding hydrogens is 428 g/mol. The van der Waals surface area contributed by atoms with Gasteiger partial charge in [-0.25, -0.2) is 4.98 Å². The van der Waals surface area contributed by atoms with E-state index in [9.17, 15) is 15.6 Å². The highest BCUT2D eigenvalue weighted by atomic mass is 32.2. The lowest BCUT2D eigenvalue weighted by Gasteiger charge is -2.38. The van der Waals surface area contributed by atoms with Gasteiger partial charge < -0.3 is 24.2 Å². The number of aromatic nitrogens is 1. The monoisotopic (exact) mass is 452 g/mol. The average molecular weight is 453 g/mol. The number of aliphatic hydroxyl groups excluding tert-OH is 1. The number of methoxy groups -OCH3 is 1. The molecule has 0 bridgehead atoms. The molecule has 2 aliphatic rings. The summed E-state index contributed by atoms with van der Waals surface area (Å²) in [5.74, 6) is 2.42. The molecule has 32 heavy (non-hydrogen) atoms. The molecular formula is C23H24N4O4S. The van der Waals surface area contributed by atoms with Crippen molar-refractivity contribution in [2.45, 2.75) is 11.1 Å². The largest absolute Gasteiger partial charge is 0.491 e. The van der Waals surface area contributed by atoms with Gasteiger partial charge in [0, 0.05) is 37.4 Å². The maximum Gasteiger partial charge on any atom is 0.148 e. The molecule has 0 atom stereocenters. The number of ether oxygens (including phenoxy) is 3. The van der Waals surface area contributed by atoms with Crippen LogP contribution >= 0.6 is 11.8 Å². The first-order valence-electron chi connectivity index (χ1n) is 10.4. The van der Waals surface area contributed by atoms with Gasteiger partial charge in [0.05, 0.1) is 31.5 Å². The molecule has 9 heteroatoms. The van der Waals surface area contributed by atoms with Gasteiger partial charge in [0.1, 0.15) is 40.9 Å². The van der Waals surface area contributed by atoms with Crippen LogP contribution in [0.2, 0.25) is 0 Å². The summed E-state index contributed by atoms with van der Waals surface area (Å²) >= 11 is 1.52. The summed E-state index contributed by atoms with van der Waals surface area (Å²) < 4.78 is 15.9. The SMILES string of the molecule is COCCOc1ccc(-c2c(C#N)c(SCC3COC3)nc(N3CC(O)C3)c2C#N)cc1. The van der Waals surface area contributed by atoms with E-state index in [1.807, 2.05) is 29.2 Å². The van der Waals surface area contributed by atoms with Crippen molar-refractivity contribution in [2.24, 2.45) is 5.92 Å². The lowest BCUT2D eigenvalue weighted by molar-refractivity contribution is -0.0196. The Hall–Kier alpha value is -2.82. The van der Waals surface area contributed by atoms with Crippen molar-refractivity contribution in [1.29, 1.82) is 10.5 Å². The second-order valence-electron chi connectivity index (χ2n) is 7.73. The Morgan fingerprint density at radius 1 is 1.16 bits per heavy atom. The number of benzene rings is 1. The number of β-amino-alcohol motifs (C(OH)–C–C–N with tert-alkyl or cyclic N) is 1. The van der Waals surface area contributed by atoms with Crippen LogP contribution in [0, 0.1) is 28.6 Å². The number of nitriles is 2. The summed E-state index contributed by atoms with van der Waals surface area (Å²) in [5.41, 5.74) is 2.05. The Balaban J connectivity index is 1.73. The molecule has 0 unspecified atom stereocenters. The van der Waals surface area contributed by atoms with E-state index in [1.54, 1.807) is 7.11 Å². The topological polar surface area (TPSA) is 112 Å². The second kappa shape index (κ2) is 10.2. The Labute approximate surface area is 191 Å². The van der Waals surface area contributed by atoms with Gasteiger partial charge in [0.15, 0.2) is 0 Å². The number of thioether (sulfide) groups is 1. The van der Waals surface area contributed by atoms with Gasteiger partial charge in [0.2, 0.25) is 0 Å². The lowest BCUT2D eigenvalue weighted by atomic mass is 9.95. The van der Waals surface area contributed by atoms with Crippen LogP contribution in [0.25, 0.3) is 11.1 Å². The average Bonchev–Trinajstić information content (AvgIpc) is 2.75. The van der Waals surface area contributed by atoms with Crippen LogP contribution in [0.5, 0.6) is 5.75 Å². The third kappa shape index (κ3) is 4.67. The normalized spacial score (nSPS) is 16.1. The van der Waals surface area contributed by atoms with Crippen molar-refractivity contribution in [3.05, 3.63) is 35.4 Å². The van der Waals surface area contributed by atoms with Crippen molar-refractivity contribution in [2.75, 3.05) is 57.3 Å². The molecule has 2 aliphatic heterocycles. The van der Waals surface area contributed by atoms with Gasteiger partial charge in [-0.2, -0.15) is 10.5 Å². The fourth-order valence-electron chi connectivity index (χ4n) is 3.55. The highest BCUT2D eigenvalue weighted by Crippen LogP contribution is 2.40. The number of hydrogen-bond acceptors (Lipinski definition) is 9. The van der Waals surface area contributed by atoms with E-state index < -0.39 is 6.10 Å². The van der Waals surface area contributed by atoms with Gasteiger partial charge in [-0.15, -0.1) is 11.8 Å². The molecule has 0 amide bonds. The Morgan fingerprint density at radius 3 is 2.44 bits per heavy atom. The first kappa shape index (κ1) is 22.4. The second-order valence-corrected chi connectivity index (χ2v) is 8.74. The van der Waals surface area contributed by atoms with Crippen LogP contribution in [0.4, 0.5) is 5.82 Å². The summed E-state index contributed by atoms with van der Waals surface area (Å²) in [5, 5.41) is 30.4. The molecule has 1 aromatic heterocycles. The number of pyridine rings is 1. The summed E-state index contributed by atoms with van der Waals surface area (Å²) in [6.45, 7) is 3.19. The molecule has 0 radical (unpaired) electrons. The highest BCUT2D eigenvalue weighted by molar-refractivity contribution is 7.99. The minimum atomic E-state index is -0.436. The Morgan fingerprint density at radius 2 is 1.88 bits per heavy atom. The minimum absolute atomic E-state index is 0.345. The molecule has 2 fully saturated rings. The van der Waals surface area contributed by atoms with Crippen LogP contribution in [-0.4, -0.2) is 68.6 Å². The van der Waals surface area contributed by atoms with Crippen LogP contribution < -0.4 is 9.64 Å². The Kier molecular flexibility index (Phi) is 7.13. The van der Waals surface area contributed by atoms with Crippen molar-refractivity contribution < 1.29 is 19.3 Å². The zero-order valence-corrected chi connectivity index (χ0v) is 18.6. The van der Waals surface area contributed by atoms with Gasteiger partial charge in [-0.1, -0.05) is 12.1 Å². The van der Waals surface area contributed by atoms with Crippen LogP contribution in [0.1, 0.15) is 11.1 Å². The third-order valence-corrected chi connectivity index (χ3v) is 6.60. The summed E-state index contributed by atoms with van der Waals surface area (Å²) in [4.78, 5) is 6.59. The minimum Gasteiger partial charge on any atom is -0.491 e. The molecule has 0 saturated carbocycles. The van der Waals surface area contributed by atoms with Gasteiger partial charge >= 0.3 is 0 Å². The molecule has 2 aromatic rings. The summed E-state index contributed by atoms with van der Waals surface area (Å²) in [6.07, 6.45) is -0.436. The zero-order chi connectivity index (χ0) is 22.5. The molecule has 0 spiro atoms. The molecule has 166 valence electrons. The zero-order valence-electron chi connectivity index (χ0n) is 17.8. The maximum absolute atomic E-state index is 10.0. The number of aliphatic hydroxyl groups is 1. The van der Waals surface area contributed by atoms with Crippen LogP contribution in [0.15, 0.2) is 29.3 Å². The van der Waals surface area contributed by atoms with E-state index in [1.165, 1.54) is 11.8 Å². The number of anilines is 1. The van der Waals surface area contributed by atoms with Crippen LogP contribution in [0.3, 0.4) is 0 Å². The van der Waals surface area contributed by atoms with E-state index >= 15 is 0 Å². The predicted octanol–water partition coefficient (Wildman–Crippen LogP) is 2.44. The third-order valence-electron chi connectivity index (χ3n) is 5.39. The quantitative estimate of drug-likeness (QED) is 0.453. The van der Waals surface area contributed by atoms with Crippen LogP contribution in [-0.2, 0) is 9.47 Å². The fraction of sp³-hybridized carbons (Fsp3) is 0.435. The van der Waals surface area contributed by atoms with E-state index in [-0.39, 0.29) is 0 Å².